The van der Waals surface area contributed by atoms with Crippen molar-refractivity contribution in [3.05, 3.63) is 41.1 Å². The fourth-order valence-corrected chi connectivity index (χ4v) is 3.09. The van der Waals surface area contributed by atoms with Crippen LogP contribution in [0.5, 0.6) is 0 Å². The molecule has 3 rings (SSSR count). The third-order valence-electron chi connectivity index (χ3n) is 4.03. The first-order valence-corrected chi connectivity index (χ1v) is 7.99. The highest BCUT2D eigenvalue weighted by Gasteiger charge is 2.25. The molecule has 0 aromatic carbocycles. The minimum absolute atomic E-state index is 0.281. The molecule has 2 aromatic heterocycles. The Bertz CT molecular complexity index is 631. The molecule has 116 valence electrons. The molecular formula is C15H17BrFN5. The molecule has 0 N–H and O–H groups in total. The lowest BCUT2D eigenvalue weighted by Crippen LogP contribution is -2.44. The summed E-state index contributed by atoms with van der Waals surface area (Å²) in [5.41, 5.74) is 0. The number of piperidine rings is 1. The average Bonchev–Trinajstić information content (AvgIpc) is 2.55. The summed E-state index contributed by atoms with van der Waals surface area (Å²) in [5, 5.41) is 0. The first kappa shape index (κ1) is 15.1. The van der Waals surface area contributed by atoms with Crippen LogP contribution in [0.4, 0.5) is 16.0 Å². The predicted molar refractivity (Wildman–Crippen MR) is 87.6 cm³/mol. The number of pyridine rings is 1. The Morgan fingerprint density at radius 3 is 2.73 bits per heavy atom. The van der Waals surface area contributed by atoms with Crippen molar-refractivity contribution in [2.24, 2.45) is 0 Å². The SMILES string of the molecule is CN(c1ccncn1)C1CCN(c2ncc(Br)cc2F)CC1. The zero-order valence-electron chi connectivity index (χ0n) is 12.3. The predicted octanol–water partition coefficient (Wildman–Crippen LogP) is 2.88. The second-order valence-corrected chi connectivity index (χ2v) is 6.27. The van der Waals surface area contributed by atoms with E-state index in [0.717, 1.165) is 31.7 Å². The number of rotatable bonds is 3. The summed E-state index contributed by atoms with van der Waals surface area (Å²) in [6.45, 7) is 1.57. The molecule has 1 aliphatic rings. The van der Waals surface area contributed by atoms with Gasteiger partial charge in [0.05, 0.1) is 0 Å². The first-order chi connectivity index (χ1) is 10.6. The van der Waals surface area contributed by atoms with Gasteiger partial charge in [-0.1, -0.05) is 0 Å². The fourth-order valence-electron chi connectivity index (χ4n) is 2.78. The highest BCUT2D eigenvalue weighted by molar-refractivity contribution is 9.10. The lowest BCUT2D eigenvalue weighted by molar-refractivity contribution is 0.471. The van der Waals surface area contributed by atoms with Crippen molar-refractivity contribution < 1.29 is 4.39 Å². The van der Waals surface area contributed by atoms with Crippen LogP contribution in [0.15, 0.2) is 35.3 Å². The Kier molecular flexibility index (Phi) is 4.52. The van der Waals surface area contributed by atoms with E-state index in [0.29, 0.717) is 16.3 Å². The van der Waals surface area contributed by atoms with E-state index in [1.54, 1.807) is 18.7 Å². The maximum atomic E-state index is 14.0. The normalized spacial score (nSPS) is 15.9. The Morgan fingerprint density at radius 1 is 1.32 bits per heavy atom. The van der Waals surface area contributed by atoms with Crippen LogP contribution < -0.4 is 9.80 Å². The second-order valence-electron chi connectivity index (χ2n) is 5.36. The van der Waals surface area contributed by atoms with Crippen molar-refractivity contribution in [1.82, 2.24) is 15.0 Å². The summed E-state index contributed by atoms with van der Waals surface area (Å²) in [6.07, 6.45) is 6.82. The Hall–Kier alpha value is -1.76. The van der Waals surface area contributed by atoms with Gasteiger partial charge in [0, 0.05) is 43.0 Å². The standard InChI is InChI=1S/C15H17BrFN5/c1-21(14-2-5-18-10-20-14)12-3-6-22(7-4-12)15-13(17)8-11(16)9-19-15/h2,5,8-10,12H,3-4,6-7H2,1H3. The lowest BCUT2D eigenvalue weighted by Gasteiger charge is -2.37. The maximum Gasteiger partial charge on any atom is 0.166 e. The molecule has 7 heteroatoms. The highest BCUT2D eigenvalue weighted by atomic mass is 79.9. The van der Waals surface area contributed by atoms with E-state index in [-0.39, 0.29) is 5.82 Å². The molecule has 0 amide bonds. The maximum absolute atomic E-state index is 14.0. The van der Waals surface area contributed by atoms with Crippen LogP contribution in [0.1, 0.15) is 12.8 Å². The van der Waals surface area contributed by atoms with E-state index in [2.05, 4.69) is 35.8 Å². The van der Waals surface area contributed by atoms with Crippen LogP contribution in [0, 0.1) is 5.82 Å². The molecular weight excluding hydrogens is 349 g/mol. The molecule has 0 saturated carbocycles. The minimum Gasteiger partial charge on any atom is -0.356 e. The Balaban J connectivity index is 1.65. The van der Waals surface area contributed by atoms with Gasteiger partial charge in [0.15, 0.2) is 11.6 Å². The summed E-state index contributed by atoms with van der Waals surface area (Å²) in [4.78, 5) is 16.6. The quantitative estimate of drug-likeness (QED) is 0.836. The molecule has 0 atom stereocenters. The zero-order valence-corrected chi connectivity index (χ0v) is 13.9. The number of hydrogen-bond donors (Lipinski definition) is 0. The van der Waals surface area contributed by atoms with Gasteiger partial charge >= 0.3 is 0 Å². The van der Waals surface area contributed by atoms with E-state index in [9.17, 15) is 4.39 Å². The van der Waals surface area contributed by atoms with E-state index >= 15 is 0 Å². The van der Waals surface area contributed by atoms with Gasteiger partial charge in [-0.25, -0.2) is 19.3 Å². The summed E-state index contributed by atoms with van der Waals surface area (Å²) in [7, 11) is 2.04. The molecule has 1 aliphatic heterocycles. The molecule has 1 saturated heterocycles. The fraction of sp³-hybridized carbons (Fsp3) is 0.400. The summed E-state index contributed by atoms with van der Waals surface area (Å²) in [6, 6.07) is 3.76. The van der Waals surface area contributed by atoms with Gasteiger partial charge in [-0.15, -0.1) is 0 Å². The third-order valence-corrected chi connectivity index (χ3v) is 4.46. The third kappa shape index (κ3) is 3.19. The number of aromatic nitrogens is 3. The van der Waals surface area contributed by atoms with Gasteiger partial charge in [-0.05, 0) is 40.9 Å². The molecule has 0 unspecified atom stereocenters. The second kappa shape index (κ2) is 6.56. The zero-order chi connectivity index (χ0) is 15.5. The smallest absolute Gasteiger partial charge is 0.166 e. The molecule has 5 nitrogen and oxygen atoms in total. The minimum atomic E-state index is -0.281. The summed E-state index contributed by atoms with van der Waals surface area (Å²) in [5.74, 6) is 1.07. The van der Waals surface area contributed by atoms with Gasteiger partial charge in [0.1, 0.15) is 12.1 Å². The lowest BCUT2D eigenvalue weighted by atomic mass is 10.0. The monoisotopic (exact) mass is 365 g/mol. The molecule has 0 spiro atoms. The van der Waals surface area contributed by atoms with Crippen LogP contribution in [0.2, 0.25) is 0 Å². The Labute approximate surface area is 137 Å². The Morgan fingerprint density at radius 2 is 2.09 bits per heavy atom. The largest absolute Gasteiger partial charge is 0.356 e. The number of halogens is 2. The van der Waals surface area contributed by atoms with Gasteiger partial charge in [-0.2, -0.15) is 0 Å². The molecule has 2 aromatic rings. The van der Waals surface area contributed by atoms with Gasteiger partial charge in [0.25, 0.3) is 0 Å². The van der Waals surface area contributed by atoms with Gasteiger partial charge < -0.3 is 9.80 Å². The molecule has 0 bridgehead atoms. The number of nitrogens with zero attached hydrogens (tertiary/aromatic N) is 5. The molecule has 22 heavy (non-hydrogen) atoms. The highest BCUT2D eigenvalue weighted by Crippen LogP contribution is 2.25. The van der Waals surface area contributed by atoms with E-state index < -0.39 is 0 Å². The van der Waals surface area contributed by atoms with Crippen LogP contribution in [-0.4, -0.2) is 41.1 Å². The topological polar surface area (TPSA) is 45.2 Å². The average molecular weight is 366 g/mol. The first-order valence-electron chi connectivity index (χ1n) is 7.20. The van der Waals surface area contributed by atoms with Crippen molar-refractivity contribution in [2.75, 3.05) is 29.9 Å². The van der Waals surface area contributed by atoms with Gasteiger partial charge in [-0.3, -0.25) is 0 Å². The molecule has 0 radical (unpaired) electrons. The van der Waals surface area contributed by atoms with E-state index in [1.807, 2.05) is 18.0 Å². The van der Waals surface area contributed by atoms with Crippen molar-refractivity contribution in [1.29, 1.82) is 0 Å². The van der Waals surface area contributed by atoms with Crippen molar-refractivity contribution in [3.8, 4) is 0 Å². The van der Waals surface area contributed by atoms with Crippen LogP contribution in [0.25, 0.3) is 0 Å². The molecule has 1 fully saturated rings. The van der Waals surface area contributed by atoms with Crippen LogP contribution in [0.3, 0.4) is 0 Å². The van der Waals surface area contributed by atoms with Gasteiger partial charge in [0.2, 0.25) is 0 Å². The van der Waals surface area contributed by atoms with Crippen molar-refractivity contribution in [3.63, 3.8) is 0 Å². The van der Waals surface area contributed by atoms with Crippen LogP contribution >= 0.6 is 15.9 Å². The number of anilines is 2. The molecule has 0 aliphatic carbocycles. The van der Waals surface area contributed by atoms with E-state index in [1.165, 1.54) is 6.07 Å². The molecule has 3 heterocycles. The summed E-state index contributed by atoms with van der Waals surface area (Å²) >= 11 is 3.24. The van der Waals surface area contributed by atoms with E-state index in [4.69, 9.17) is 0 Å². The summed E-state index contributed by atoms with van der Waals surface area (Å²) < 4.78 is 14.7. The van der Waals surface area contributed by atoms with Crippen LogP contribution in [-0.2, 0) is 0 Å². The van der Waals surface area contributed by atoms with Crippen molar-refractivity contribution >= 4 is 27.6 Å². The number of hydrogen-bond acceptors (Lipinski definition) is 5. The van der Waals surface area contributed by atoms with Crippen molar-refractivity contribution in [2.45, 2.75) is 18.9 Å².